The molecule has 0 aliphatic rings. The molecule has 0 fully saturated rings. The van der Waals surface area contributed by atoms with Crippen LogP contribution in [0.2, 0.25) is 0 Å². The Kier molecular flexibility index (Phi) is 4.71. The number of rotatable bonds is 5. The lowest BCUT2D eigenvalue weighted by Crippen LogP contribution is -2.29. The molecule has 0 saturated heterocycles. The minimum atomic E-state index is -3.22. The van der Waals surface area contributed by atoms with E-state index >= 15 is 0 Å². The number of hydrogen-bond acceptors (Lipinski definition) is 3. The van der Waals surface area contributed by atoms with Crippen LogP contribution in [0.1, 0.15) is 37.5 Å². The molecule has 0 heterocycles. The van der Waals surface area contributed by atoms with E-state index in [2.05, 4.69) is 0 Å². The van der Waals surface area contributed by atoms with Crippen LogP contribution in [0.3, 0.4) is 0 Å². The summed E-state index contributed by atoms with van der Waals surface area (Å²) in [7, 11) is -3.22. The molecule has 0 aliphatic carbocycles. The van der Waals surface area contributed by atoms with Gasteiger partial charge < -0.3 is 5.11 Å². The normalized spacial score (nSPS) is 15.5. The Morgan fingerprint density at radius 3 is 2.12 bits per heavy atom. The summed E-state index contributed by atoms with van der Waals surface area (Å²) < 4.78 is 23.7. The highest BCUT2D eigenvalue weighted by Crippen LogP contribution is 2.25. The van der Waals surface area contributed by atoms with Crippen molar-refractivity contribution in [2.24, 2.45) is 0 Å². The molecule has 96 valence electrons. The van der Waals surface area contributed by atoms with Crippen molar-refractivity contribution >= 4 is 9.84 Å². The first-order valence-electron chi connectivity index (χ1n) is 5.88. The van der Waals surface area contributed by atoms with Gasteiger partial charge in [-0.05, 0) is 18.9 Å². The van der Waals surface area contributed by atoms with Crippen LogP contribution in [0.25, 0.3) is 0 Å². The van der Waals surface area contributed by atoms with Crippen LogP contribution in [0.4, 0.5) is 0 Å². The fourth-order valence-electron chi connectivity index (χ4n) is 1.87. The molecule has 0 radical (unpaired) electrons. The molecule has 0 aliphatic heterocycles. The molecular formula is C13H20O3S. The Bertz CT molecular complexity index is 448. The predicted octanol–water partition coefficient (Wildman–Crippen LogP) is 2.24. The summed E-state index contributed by atoms with van der Waals surface area (Å²) in [6.07, 6.45) is -0.517. The first-order valence-corrected chi connectivity index (χ1v) is 7.60. The molecule has 0 amide bonds. The molecule has 0 saturated carbocycles. The number of sulfone groups is 1. The van der Waals surface area contributed by atoms with Gasteiger partial charge in [0.2, 0.25) is 0 Å². The minimum Gasteiger partial charge on any atom is -0.387 e. The van der Waals surface area contributed by atoms with Gasteiger partial charge in [-0.1, -0.05) is 43.7 Å². The Morgan fingerprint density at radius 1 is 1.18 bits per heavy atom. The van der Waals surface area contributed by atoms with Gasteiger partial charge in [0.25, 0.3) is 0 Å². The van der Waals surface area contributed by atoms with Crippen LogP contribution in [0.15, 0.2) is 24.3 Å². The highest BCUT2D eigenvalue weighted by atomic mass is 32.2. The van der Waals surface area contributed by atoms with Crippen molar-refractivity contribution in [2.45, 2.75) is 38.5 Å². The summed E-state index contributed by atoms with van der Waals surface area (Å²) in [4.78, 5) is 0. The molecule has 0 aromatic heterocycles. The molecular weight excluding hydrogens is 236 g/mol. The van der Waals surface area contributed by atoms with E-state index < -0.39 is 21.2 Å². The van der Waals surface area contributed by atoms with Crippen molar-refractivity contribution in [3.63, 3.8) is 0 Å². The van der Waals surface area contributed by atoms with Crippen molar-refractivity contribution in [1.82, 2.24) is 0 Å². The highest BCUT2D eigenvalue weighted by Gasteiger charge is 2.30. The lowest BCUT2D eigenvalue weighted by Gasteiger charge is -2.21. The van der Waals surface area contributed by atoms with E-state index in [0.717, 1.165) is 5.56 Å². The first kappa shape index (κ1) is 14.2. The summed E-state index contributed by atoms with van der Waals surface area (Å²) in [5.41, 5.74) is 1.76. The number of aliphatic hydroxyl groups is 1. The van der Waals surface area contributed by atoms with E-state index in [4.69, 9.17) is 0 Å². The number of aliphatic hydroxyl groups excluding tert-OH is 1. The SMILES string of the molecule is CC[C@@H]([C@@H](O)c1ccc(C)cc1)S(=O)(=O)CC. The van der Waals surface area contributed by atoms with Crippen LogP contribution in [-0.2, 0) is 9.84 Å². The standard InChI is InChI=1S/C13H20O3S/c1-4-12(17(15,16)5-2)13(14)11-8-6-10(3)7-9-11/h6-9,12-14H,4-5H2,1-3H3/t12-,13-/m0/s1. The van der Waals surface area contributed by atoms with Crippen LogP contribution in [0.5, 0.6) is 0 Å². The molecule has 1 aromatic rings. The van der Waals surface area contributed by atoms with Crippen molar-refractivity contribution in [1.29, 1.82) is 0 Å². The monoisotopic (exact) mass is 256 g/mol. The van der Waals surface area contributed by atoms with Crippen molar-refractivity contribution in [2.75, 3.05) is 5.75 Å². The average Bonchev–Trinajstić information content (AvgIpc) is 2.30. The summed E-state index contributed by atoms with van der Waals surface area (Å²) in [6.45, 7) is 5.35. The van der Waals surface area contributed by atoms with Crippen LogP contribution in [0, 0.1) is 6.92 Å². The second-order valence-electron chi connectivity index (χ2n) is 4.25. The fraction of sp³-hybridized carbons (Fsp3) is 0.538. The maximum Gasteiger partial charge on any atom is 0.155 e. The summed E-state index contributed by atoms with van der Waals surface area (Å²) >= 11 is 0. The van der Waals surface area contributed by atoms with E-state index in [-0.39, 0.29) is 5.75 Å². The van der Waals surface area contributed by atoms with Crippen LogP contribution in [-0.4, -0.2) is 24.5 Å². The number of benzene rings is 1. The second-order valence-corrected chi connectivity index (χ2v) is 6.76. The minimum absolute atomic E-state index is 0.0639. The zero-order valence-corrected chi connectivity index (χ0v) is 11.4. The molecule has 0 unspecified atom stereocenters. The van der Waals surface area contributed by atoms with E-state index in [1.165, 1.54) is 0 Å². The largest absolute Gasteiger partial charge is 0.387 e. The molecule has 1 aromatic carbocycles. The van der Waals surface area contributed by atoms with E-state index in [1.807, 2.05) is 19.1 Å². The molecule has 0 bridgehead atoms. The van der Waals surface area contributed by atoms with E-state index in [0.29, 0.717) is 12.0 Å². The number of hydrogen-bond donors (Lipinski definition) is 1. The summed E-state index contributed by atoms with van der Waals surface area (Å²) in [6, 6.07) is 7.33. The van der Waals surface area contributed by atoms with Gasteiger partial charge in [-0.15, -0.1) is 0 Å². The van der Waals surface area contributed by atoms with Gasteiger partial charge in [0, 0.05) is 5.75 Å². The third kappa shape index (κ3) is 3.30. The maximum atomic E-state index is 11.9. The Balaban J connectivity index is 3.02. The van der Waals surface area contributed by atoms with Crippen molar-refractivity contribution in [3.05, 3.63) is 35.4 Å². The molecule has 3 nitrogen and oxygen atoms in total. The van der Waals surface area contributed by atoms with Gasteiger partial charge >= 0.3 is 0 Å². The Hall–Kier alpha value is -0.870. The third-order valence-corrected chi connectivity index (χ3v) is 5.36. The van der Waals surface area contributed by atoms with Gasteiger partial charge in [0.05, 0.1) is 11.4 Å². The Morgan fingerprint density at radius 2 is 1.71 bits per heavy atom. The zero-order chi connectivity index (χ0) is 13.1. The zero-order valence-electron chi connectivity index (χ0n) is 10.6. The molecule has 4 heteroatoms. The fourth-order valence-corrected chi connectivity index (χ4v) is 3.35. The maximum absolute atomic E-state index is 11.9. The highest BCUT2D eigenvalue weighted by molar-refractivity contribution is 7.92. The first-order chi connectivity index (χ1) is 7.92. The smallest absolute Gasteiger partial charge is 0.155 e. The molecule has 2 atom stereocenters. The predicted molar refractivity (Wildman–Crippen MR) is 69.7 cm³/mol. The van der Waals surface area contributed by atoms with Gasteiger partial charge in [0.1, 0.15) is 0 Å². The quantitative estimate of drug-likeness (QED) is 0.879. The van der Waals surface area contributed by atoms with E-state index in [9.17, 15) is 13.5 Å². The van der Waals surface area contributed by atoms with Crippen LogP contribution >= 0.6 is 0 Å². The lowest BCUT2D eigenvalue weighted by atomic mass is 10.0. The lowest BCUT2D eigenvalue weighted by molar-refractivity contribution is 0.169. The van der Waals surface area contributed by atoms with Gasteiger partial charge in [-0.3, -0.25) is 0 Å². The van der Waals surface area contributed by atoms with E-state index in [1.54, 1.807) is 26.0 Å². The third-order valence-electron chi connectivity index (χ3n) is 3.04. The van der Waals surface area contributed by atoms with Crippen molar-refractivity contribution < 1.29 is 13.5 Å². The number of aryl methyl sites for hydroxylation is 1. The van der Waals surface area contributed by atoms with Gasteiger partial charge in [-0.25, -0.2) is 8.42 Å². The average molecular weight is 256 g/mol. The molecule has 17 heavy (non-hydrogen) atoms. The molecule has 0 spiro atoms. The Labute approximate surface area is 103 Å². The van der Waals surface area contributed by atoms with Crippen molar-refractivity contribution in [3.8, 4) is 0 Å². The molecule has 1 N–H and O–H groups in total. The topological polar surface area (TPSA) is 54.4 Å². The molecule has 1 rings (SSSR count). The second kappa shape index (κ2) is 5.65. The van der Waals surface area contributed by atoms with Gasteiger partial charge in [-0.2, -0.15) is 0 Å². The van der Waals surface area contributed by atoms with Crippen LogP contribution < -0.4 is 0 Å². The summed E-state index contributed by atoms with van der Waals surface area (Å²) in [5, 5.41) is 9.45. The summed E-state index contributed by atoms with van der Waals surface area (Å²) in [5.74, 6) is 0.0639. The van der Waals surface area contributed by atoms with Gasteiger partial charge in [0.15, 0.2) is 9.84 Å².